The minimum Gasteiger partial charge on any atom is -0.324 e. The van der Waals surface area contributed by atoms with Crippen molar-refractivity contribution >= 4 is 10.8 Å². The van der Waals surface area contributed by atoms with Crippen LogP contribution in [0, 0.1) is 0 Å². The van der Waals surface area contributed by atoms with Crippen LogP contribution < -0.4 is 5.56 Å². The monoisotopic (exact) mass is 290 g/mol. The Bertz CT molecular complexity index is 867. The van der Waals surface area contributed by atoms with Crippen LogP contribution in [0.4, 0.5) is 0 Å². The summed E-state index contributed by atoms with van der Waals surface area (Å²) in [4.78, 5) is 17.7. The highest BCUT2D eigenvalue weighted by molar-refractivity contribution is 5.85. The summed E-state index contributed by atoms with van der Waals surface area (Å²) in [5.41, 5.74) is 3.72. The zero-order valence-electron chi connectivity index (χ0n) is 12.4. The summed E-state index contributed by atoms with van der Waals surface area (Å²) in [7, 11) is 0. The molecule has 1 N–H and O–H groups in total. The maximum atomic E-state index is 12.2. The number of H-pyrrole nitrogens is 1. The van der Waals surface area contributed by atoms with Gasteiger partial charge in [-0.05, 0) is 29.0 Å². The number of aromatic nitrogens is 1. The molecular weight excluding hydrogens is 272 g/mol. The first-order valence-corrected chi connectivity index (χ1v) is 7.70. The first-order chi connectivity index (χ1) is 10.8. The van der Waals surface area contributed by atoms with E-state index in [2.05, 4.69) is 40.2 Å². The first kappa shape index (κ1) is 13.3. The van der Waals surface area contributed by atoms with Gasteiger partial charge in [0.2, 0.25) is 0 Å². The van der Waals surface area contributed by atoms with E-state index in [1.807, 2.05) is 24.3 Å². The molecule has 0 bridgehead atoms. The van der Waals surface area contributed by atoms with Gasteiger partial charge in [0.25, 0.3) is 5.56 Å². The normalized spacial score (nSPS) is 14.9. The molecule has 2 heterocycles. The zero-order chi connectivity index (χ0) is 14.9. The molecule has 0 unspecified atom stereocenters. The summed E-state index contributed by atoms with van der Waals surface area (Å²) in [5, 5.41) is 1.92. The Morgan fingerprint density at radius 3 is 2.50 bits per heavy atom. The average Bonchev–Trinajstić information content (AvgIpc) is 2.56. The van der Waals surface area contributed by atoms with Gasteiger partial charge in [-0.3, -0.25) is 9.69 Å². The third-order valence-electron chi connectivity index (χ3n) is 4.43. The van der Waals surface area contributed by atoms with Crippen LogP contribution in [0.2, 0.25) is 0 Å². The maximum absolute atomic E-state index is 12.2. The summed E-state index contributed by atoms with van der Waals surface area (Å²) < 4.78 is 0. The van der Waals surface area contributed by atoms with Crippen LogP contribution in [-0.2, 0) is 19.5 Å². The molecular formula is C19H18N2O. The Labute approximate surface area is 129 Å². The van der Waals surface area contributed by atoms with E-state index in [9.17, 15) is 4.79 Å². The second kappa shape index (κ2) is 5.43. The third-order valence-corrected chi connectivity index (χ3v) is 4.43. The van der Waals surface area contributed by atoms with Gasteiger partial charge >= 0.3 is 0 Å². The molecule has 22 heavy (non-hydrogen) atoms. The topological polar surface area (TPSA) is 36.1 Å². The minimum absolute atomic E-state index is 0.0240. The van der Waals surface area contributed by atoms with Crippen molar-refractivity contribution < 1.29 is 0 Å². The van der Waals surface area contributed by atoms with Crippen molar-refractivity contribution in [2.24, 2.45) is 0 Å². The number of nitrogens with one attached hydrogen (secondary N) is 1. The second-order valence-electron chi connectivity index (χ2n) is 5.90. The Balaban J connectivity index is 1.68. The first-order valence-electron chi connectivity index (χ1n) is 7.70. The SMILES string of the molecule is O=c1[nH]c2c(c3ccccc13)CCN(Cc1ccccc1)C2. The highest BCUT2D eigenvalue weighted by Gasteiger charge is 2.19. The van der Waals surface area contributed by atoms with Crippen molar-refractivity contribution in [2.75, 3.05) is 6.54 Å². The summed E-state index contributed by atoms with van der Waals surface area (Å²) in [6.45, 7) is 2.76. The molecule has 0 amide bonds. The number of nitrogens with zero attached hydrogens (tertiary/aromatic N) is 1. The van der Waals surface area contributed by atoms with E-state index in [1.165, 1.54) is 11.1 Å². The Morgan fingerprint density at radius 1 is 0.955 bits per heavy atom. The van der Waals surface area contributed by atoms with Gasteiger partial charge in [0.05, 0.1) is 0 Å². The van der Waals surface area contributed by atoms with Gasteiger partial charge in [0, 0.05) is 30.7 Å². The fourth-order valence-corrected chi connectivity index (χ4v) is 3.36. The summed E-state index contributed by atoms with van der Waals surface area (Å²) in [6, 6.07) is 18.4. The second-order valence-corrected chi connectivity index (χ2v) is 5.90. The molecule has 2 aromatic carbocycles. The highest BCUT2D eigenvalue weighted by Crippen LogP contribution is 2.24. The predicted octanol–water partition coefficient (Wildman–Crippen LogP) is 3.09. The molecule has 0 radical (unpaired) electrons. The molecule has 0 fully saturated rings. The Morgan fingerprint density at radius 2 is 1.68 bits per heavy atom. The maximum Gasteiger partial charge on any atom is 0.256 e. The highest BCUT2D eigenvalue weighted by atomic mass is 16.1. The number of rotatable bonds is 2. The van der Waals surface area contributed by atoms with Crippen molar-refractivity contribution in [1.82, 2.24) is 9.88 Å². The fourth-order valence-electron chi connectivity index (χ4n) is 3.36. The zero-order valence-corrected chi connectivity index (χ0v) is 12.4. The van der Waals surface area contributed by atoms with E-state index in [0.717, 1.165) is 42.5 Å². The lowest BCUT2D eigenvalue weighted by Gasteiger charge is -2.29. The molecule has 3 aromatic rings. The molecule has 1 aromatic heterocycles. The molecule has 0 atom stereocenters. The van der Waals surface area contributed by atoms with Gasteiger partial charge in [-0.1, -0.05) is 48.5 Å². The van der Waals surface area contributed by atoms with Crippen LogP contribution in [-0.4, -0.2) is 16.4 Å². The van der Waals surface area contributed by atoms with E-state index in [4.69, 9.17) is 0 Å². The number of hydrogen-bond acceptors (Lipinski definition) is 2. The standard InChI is InChI=1S/C19H18N2O/c22-19-17-9-5-4-8-15(17)16-10-11-21(13-18(16)20-19)12-14-6-2-1-3-7-14/h1-9H,10-13H2,(H,20,22). The van der Waals surface area contributed by atoms with E-state index >= 15 is 0 Å². The molecule has 4 rings (SSSR count). The van der Waals surface area contributed by atoms with Crippen LogP contribution in [0.1, 0.15) is 16.8 Å². The summed E-state index contributed by atoms with van der Waals surface area (Å²) in [6.07, 6.45) is 0.986. The van der Waals surface area contributed by atoms with Crippen molar-refractivity contribution in [3.8, 4) is 0 Å². The number of fused-ring (bicyclic) bond motifs is 3. The van der Waals surface area contributed by atoms with E-state index < -0.39 is 0 Å². The lowest BCUT2D eigenvalue weighted by molar-refractivity contribution is 0.242. The van der Waals surface area contributed by atoms with E-state index in [-0.39, 0.29) is 5.56 Å². The van der Waals surface area contributed by atoms with Crippen LogP contribution in [0.5, 0.6) is 0 Å². The van der Waals surface area contributed by atoms with Crippen LogP contribution >= 0.6 is 0 Å². The molecule has 1 aliphatic heterocycles. The van der Waals surface area contributed by atoms with Gasteiger partial charge in [-0.15, -0.1) is 0 Å². The molecule has 110 valence electrons. The van der Waals surface area contributed by atoms with Gasteiger partial charge < -0.3 is 4.98 Å². The molecule has 0 saturated carbocycles. The molecule has 1 aliphatic rings. The summed E-state index contributed by atoms with van der Waals surface area (Å²) >= 11 is 0. The molecule has 3 heteroatoms. The summed E-state index contributed by atoms with van der Waals surface area (Å²) in [5.74, 6) is 0. The van der Waals surface area contributed by atoms with Crippen LogP contribution in [0.15, 0.2) is 59.4 Å². The van der Waals surface area contributed by atoms with Crippen LogP contribution in [0.3, 0.4) is 0 Å². The van der Waals surface area contributed by atoms with Crippen molar-refractivity contribution in [3.05, 3.63) is 81.8 Å². The van der Waals surface area contributed by atoms with E-state index in [0.29, 0.717) is 0 Å². The van der Waals surface area contributed by atoms with Gasteiger partial charge in [-0.2, -0.15) is 0 Å². The lowest BCUT2D eigenvalue weighted by Crippen LogP contribution is -2.32. The van der Waals surface area contributed by atoms with Crippen molar-refractivity contribution in [3.63, 3.8) is 0 Å². The van der Waals surface area contributed by atoms with Crippen molar-refractivity contribution in [1.29, 1.82) is 0 Å². The Kier molecular flexibility index (Phi) is 3.28. The molecule has 3 nitrogen and oxygen atoms in total. The van der Waals surface area contributed by atoms with Gasteiger partial charge in [-0.25, -0.2) is 0 Å². The van der Waals surface area contributed by atoms with Crippen LogP contribution in [0.25, 0.3) is 10.8 Å². The quantitative estimate of drug-likeness (QED) is 0.787. The number of aromatic amines is 1. The lowest BCUT2D eigenvalue weighted by atomic mass is 9.98. The van der Waals surface area contributed by atoms with Gasteiger partial charge in [0.1, 0.15) is 0 Å². The van der Waals surface area contributed by atoms with Gasteiger partial charge in [0.15, 0.2) is 0 Å². The minimum atomic E-state index is 0.0240. The third kappa shape index (κ3) is 2.34. The molecule has 0 aliphatic carbocycles. The number of hydrogen-bond donors (Lipinski definition) is 1. The fraction of sp³-hybridized carbons (Fsp3) is 0.211. The molecule has 0 spiro atoms. The number of pyridine rings is 1. The number of benzene rings is 2. The van der Waals surface area contributed by atoms with Crippen molar-refractivity contribution in [2.45, 2.75) is 19.5 Å². The van der Waals surface area contributed by atoms with E-state index in [1.54, 1.807) is 0 Å². The predicted molar refractivity (Wildman–Crippen MR) is 88.8 cm³/mol. The molecule has 0 saturated heterocycles. The smallest absolute Gasteiger partial charge is 0.256 e. The average molecular weight is 290 g/mol. The largest absolute Gasteiger partial charge is 0.324 e. The Hall–Kier alpha value is -2.39.